The van der Waals surface area contributed by atoms with E-state index in [1.165, 1.54) is 0 Å². The van der Waals surface area contributed by atoms with Crippen LogP contribution in [0, 0.1) is 0 Å². The van der Waals surface area contributed by atoms with Crippen LogP contribution in [0.3, 0.4) is 0 Å². The van der Waals surface area contributed by atoms with Crippen molar-refractivity contribution in [2.24, 2.45) is 4.99 Å². The van der Waals surface area contributed by atoms with Crippen molar-refractivity contribution in [1.29, 1.82) is 0 Å². The Morgan fingerprint density at radius 1 is 1.64 bits per heavy atom. The summed E-state index contributed by atoms with van der Waals surface area (Å²) in [5, 5.41) is 1.55. The molecule has 0 amide bonds. The fraction of sp³-hybridized carbons (Fsp3) is 0. The SMILES string of the molecule is C=N/C=c1/c(N)nccc1=C. The highest BCUT2D eigenvalue weighted by molar-refractivity contribution is 5.43. The van der Waals surface area contributed by atoms with Crippen LogP contribution in [-0.2, 0) is 0 Å². The molecule has 0 bridgehead atoms. The van der Waals surface area contributed by atoms with Crippen LogP contribution in [-0.4, -0.2) is 11.7 Å². The van der Waals surface area contributed by atoms with Crippen LogP contribution in [0.25, 0.3) is 12.8 Å². The Hall–Kier alpha value is -1.64. The number of aliphatic imine (C=N–C) groups is 1. The normalized spacial score (nSPS) is 11.5. The minimum atomic E-state index is 0.435. The molecular formula is C8H9N3. The summed E-state index contributed by atoms with van der Waals surface area (Å²) in [7, 11) is 0. The summed E-state index contributed by atoms with van der Waals surface area (Å²) in [5.41, 5.74) is 5.54. The van der Waals surface area contributed by atoms with Crippen molar-refractivity contribution in [2.75, 3.05) is 5.73 Å². The number of anilines is 1. The maximum atomic E-state index is 5.54. The highest BCUT2D eigenvalue weighted by Gasteiger charge is 1.88. The molecule has 0 aromatic carbocycles. The van der Waals surface area contributed by atoms with Gasteiger partial charge in [-0.25, -0.2) is 4.98 Å². The minimum Gasteiger partial charge on any atom is -0.383 e. The molecule has 0 fully saturated rings. The van der Waals surface area contributed by atoms with E-state index in [4.69, 9.17) is 5.73 Å². The molecule has 1 heterocycles. The molecule has 1 aromatic rings. The van der Waals surface area contributed by atoms with Crippen LogP contribution in [0.15, 0.2) is 17.3 Å². The Kier molecular flexibility index (Phi) is 2.01. The van der Waals surface area contributed by atoms with Gasteiger partial charge in [-0.2, -0.15) is 0 Å². The molecular weight excluding hydrogens is 138 g/mol. The summed E-state index contributed by atoms with van der Waals surface area (Å²) in [6.07, 6.45) is 3.16. The van der Waals surface area contributed by atoms with Gasteiger partial charge in [0.05, 0.1) is 0 Å². The summed E-state index contributed by atoms with van der Waals surface area (Å²) < 4.78 is 0. The molecule has 0 aliphatic rings. The molecule has 11 heavy (non-hydrogen) atoms. The van der Waals surface area contributed by atoms with E-state index in [1.807, 2.05) is 0 Å². The monoisotopic (exact) mass is 147 g/mol. The molecule has 0 aliphatic carbocycles. The van der Waals surface area contributed by atoms with Crippen molar-refractivity contribution in [3.05, 3.63) is 22.7 Å². The summed E-state index contributed by atoms with van der Waals surface area (Å²) in [6.45, 7) is 7.08. The van der Waals surface area contributed by atoms with Crippen LogP contribution in [0.5, 0.6) is 0 Å². The van der Waals surface area contributed by atoms with E-state index in [-0.39, 0.29) is 0 Å². The zero-order valence-electron chi connectivity index (χ0n) is 6.12. The average Bonchev–Trinajstić information content (AvgIpc) is 1.97. The van der Waals surface area contributed by atoms with Gasteiger partial charge in [0.2, 0.25) is 0 Å². The molecule has 0 saturated heterocycles. The van der Waals surface area contributed by atoms with E-state index >= 15 is 0 Å². The molecule has 0 unspecified atom stereocenters. The molecule has 0 saturated carbocycles. The zero-order valence-corrected chi connectivity index (χ0v) is 6.12. The summed E-state index contributed by atoms with van der Waals surface area (Å²) in [6, 6.07) is 1.77. The lowest BCUT2D eigenvalue weighted by molar-refractivity contribution is 1.28. The van der Waals surface area contributed by atoms with E-state index in [0.717, 1.165) is 10.4 Å². The maximum Gasteiger partial charge on any atom is 0.132 e. The van der Waals surface area contributed by atoms with Crippen LogP contribution >= 0.6 is 0 Å². The van der Waals surface area contributed by atoms with Gasteiger partial charge in [-0.15, -0.1) is 0 Å². The number of nitrogens with zero attached hydrogens (tertiary/aromatic N) is 2. The summed E-state index contributed by atoms with van der Waals surface area (Å²) >= 11 is 0. The van der Waals surface area contributed by atoms with Crippen molar-refractivity contribution in [3.63, 3.8) is 0 Å². The number of hydrogen-bond donors (Lipinski definition) is 1. The molecule has 3 nitrogen and oxygen atoms in total. The predicted molar refractivity (Wildman–Crippen MR) is 47.4 cm³/mol. The van der Waals surface area contributed by atoms with Crippen molar-refractivity contribution in [2.45, 2.75) is 0 Å². The van der Waals surface area contributed by atoms with Crippen LogP contribution in [0.1, 0.15) is 0 Å². The Morgan fingerprint density at radius 2 is 2.36 bits per heavy atom. The smallest absolute Gasteiger partial charge is 0.132 e. The second-order valence-corrected chi connectivity index (χ2v) is 2.08. The molecule has 1 rings (SSSR count). The van der Waals surface area contributed by atoms with Gasteiger partial charge >= 0.3 is 0 Å². The minimum absolute atomic E-state index is 0.435. The second kappa shape index (κ2) is 2.96. The fourth-order valence-corrected chi connectivity index (χ4v) is 0.772. The van der Waals surface area contributed by atoms with Crippen LogP contribution < -0.4 is 16.2 Å². The number of pyridine rings is 1. The number of nitrogen functional groups attached to an aromatic ring is 1. The molecule has 56 valence electrons. The Morgan fingerprint density at radius 3 is 2.91 bits per heavy atom. The Labute approximate surface area is 64.6 Å². The lowest BCUT2D eigenvalue weighted by Gasteiger charge is -1.91. The number of rotatable bonds is 1. The van der Waals surface area contributed by atoms with E-state index in [0.29, 0.717) is 5.82 Å². The number of nitrogens with two attached hydrogens (primary N) is 1. The molecule has 0 aliphatic heterocycles. The van der Waals surface area contributed by atoms with Gasteiger partial charge in [0, 0.05) is 17.6 Å². The van der Waals surface area contributed by atoms with Gasteiger partial charge in [-0.3, -0.25) is 4.99 Å². The van der Waals surface area contributed by atoms with Crippen molar-refractivity contribution >= 4 is 25.3 Å². The first-order valence-corrected chi connectivity index (χ1v) is 3.11. The molecule has 0 atom stereocenters. The zero-order chi connectivity index (χ0) is 8.27. The first kappa shape index (κ1) is 7.47. The summed E-state index contributed by atoms with van der Waals surface area (Å²) in [5.74, 6) is 0.435. The quantitative estimate of drug-likeness (QED) is 0.545. The van der Waals surface area contributed by atoms with Gasteiger partial charge in [0.15, 0.2) is 0 Å². The van der Waals surface area contributed by atoms with Crippen molar-refractivity contribution < 1.29 is 0 Å². The van der Waals surface area contributed by atoms with E-state index < -0.39 is 0 Å². The highest BCUT2D eigenvalue weighted by atomic mass is 14.8. The van der Waals surface area contributed by atoms with E-state index in [2.05, 4.69) is 23.3 Å². The standard InChI is InChI=1S/C8H9N3/c1-6-3-4-11-8(9)7(6)5-10-2/h3-5H,1-2H2,(H2,9,11)/b7-5+. The largest absolute Gasteiger partial charge is 0.383 e. The van der Waals surface area contributed by atoms with Crippen LogP contribution in [0.2, 0.25) is 0 Å². The molecule has 3 heteroatoms. The first-order valence-electron chi connectivity index (χ1n) is 3.11. The Balaban J connectivity index is 3.57. The van der Waals surface area contributed by atoms with Gasteiger partial charge in [-0.05, 0) is 18.0 Å². The third kappa shape index (κ3) is 1.43. The van der Waals surface area contributed by atoms with E-state index in [9.17, 15) is 0 Å². The maximum absolute atomic E-state index is 5.54. The molecule has 2 N–H and O–H groups in total. The number of hydrogen-bond acceptors (Lipinski definition) is 3. The van der Waals surface area contributed by atoms with Gasteiger partial charge in [-0.1, -0.05) is 6.58 Å². The summed E-state index contributed by atoms with van der Waals surface area (Å²) in [4.78, 5) is 7.47. The van der Waals surface area contributed by atoms with Crippen molar-refractivity contribution in [1.82, 2.24) is 4.98 Å². The third-order valence-corrected chi connectivity index (χ3v) is 1.33. The lowest BCUT2D eigenvalue weighted by Crippen LogP contribution is -2.27. The number of aromatic nitrogens is 1. The topological polar surface area (TPSA) is 51.3 Å². The third-order valence-electron chi connectivity index (χ3n) is 1.33. The van der Waals surface area contributed by atoms with Gasteiger partial charge in [0.1, 0.15) is 5.82 Å². The highest BCUT2D eigenvalue weighted by Crippen LogP contribution is 1.78. The Bertz CT molecular complexity index is 367. The average molecular weight is 147 g/mol. The van der Waals surface area contributed by atoms with Gasteiger partial charge in [0.25, 0.3) is 0 Å². The second-order valence-electron chi connectivity index (χ2n) is 2.08. The van der Waals surface area contributed by atoms with Crippen molar-refractivity contribution in [3.8, 4) is 0 Å². The molecule has 0 spiro atoms. The van der Waals surface area contributed by atoms with E-state index in [1.54, 1.807) is 18.5 Å². The molecule has 0 radical (unpaired) electrons. The first-order chi connectivity index (χ1) is 5.25. The molecule has 1 aromatic heterocycles. The predicted octanol–water partition coefficient (Wildman–Crippen LogP) is -0.487. The fourth-order valence-electron chi connectivity index (χ4n) is 0.772. The lowest BCUT2D eigenvalue weighted by atomic mass is 10.3. The van der Waals surface area contributed by atoms with Crippen LogP contribution in [0.4, 0.5) is 5.82 Å². The van der Waals surface area contributed by atoms with Gasteiger partial charge < -0.3 is 5.73 Å².